The third-order valence-corrected chi connectivity index (χ3v) is 3.18. The fourth-order valence-corrected chi connectivity index (χ4v) is 2.49. The van der Waals surface area contributed by atoms with E-state index in [0.29, 0.717) is 6.54 Å². The van der Waals surface area contributed by atoms with Crippen LogP contribution in [0, 0.1) is 0 Å². The van der Waals surface area contributed by atoms with E-state index >= 15 is 0 Å². The van der Waals surface area contributed by atoms with Crippen molar-refractivity contribution in [1.29, 1.82) is 0 Å². The summed E-state index contributed by atoms with van der Waals surface area (Å²) in [6.07, 6.45) is 3.52. The van der Waals surface area contributed by atoms with Crippen LogP contribution in [-0.2, 0) is 4.74 Å². The van der Waals surface area contributed by atoms with Crippen LogP contribution in [-0.4, -0.2) is 43.4 Å². The first-order chi connectivity index (χ1) is 5.87. The van der Waals surface area contributed by atoms with Gasteiger partial charge in [-0.05, 0) is 25.8 Å². The quantitative estimate of drug-likeness (QED) is 0.622. The van der Waals surface area contributed by atoms with Gasteiger partial charge in [-0.2, -0.15) is 0 Å². The first-order valence-electron chi connectivity index (χ1n) is 4.76. The third kappa shape index (κ3) is 1.25. The van der Waals surface area contributed by atoms with Crippen LogP contribution in [0.15, 0.2) is 0 Å². The van der Waals surface area contributed by atoms with Gasteiger partial charge in [-0.15, -0.1) is 0 Å². The van der Waals surface area contributed by atoms with Crippen LogP contribution in [0.4, 0.5) is 4.39 Å². The molecule has 12 heavy (non-hydrogen) atoms. The Morgan fingerprint density at radius 2 is 2.33 bits per heavy atom. The molecule has 0 aliphatic carbocycles. The average Bonchev–Trinajstić information content (AvgIpc) is 2.66. The Balaban J connectivity index is 2.01. The Morgan fingerprint density at radius 1 is 1.42 bits per heavy atom. The lowest BCUT2D eigenvalue weighted by molar-refractivity contribution is 0.0962. The zero-order valence-corrected chi connectivity index (χ0v) is 7.39. The van der Waals surface area contributed by atoms with E-state index in [1.54, 1.807) is 0 Å². The highest BCUT2D eigenvalue weighted by Gasteiger charge is 2.43. The van der Waals surface area contributed by atoms with Crippen molar-refractivity contribution in [2.24, 2.45) is 0 Å². The molecule has 2 rings (SSSR count). The molecular formula is C9H16FNO. The Kier molecular flexibility index (Phi) is 2.33. The highest BCUT2D eigenvalue weighted by Crippen LogP contribution is 2.35. The lowest BCUT2D eigenvalue weighted by atomic mass is 9.95. The standard InChI is InChI=1S/C9H16FNO/c10-4-6-11-5-1-2-9(11)3-7-12-8-9/h1-8H2. The Hall–Kier alpha value is -0.150. The molecule has 0 bridgehead atoms. The molecule has 0 radical (unpaired) electrons. The molecule has 1 spiro atoms. The zero-order chi connectivity index (χ0) is 8.44. The first-order valence-corrected chi connectivity index (χ1v) is 4.76. The highest BCUT2D eigenvalue weighted by molar-refractivity contribution is 4.98. The second-order valence-corrected chi connectivity index (χ2v) is 3.81. The van der Waals surface area contributed by atoms with Gasteiger partial charge >= 0.3 is 0 Å². The number of rotatable bonds is 2. The summed E-state index contributed by atoms with van der Waals surface area (Å²) in [5, 5.41) is 0. The second kappa shape index (κ2) is 3.30. The van der Waals surface area contributed by atoms with Gasteiger partial charge in [0.2, 0.25) is 0 Å². The minimum Gasteiger partial charge on any atom is -0.379 e. The normalized spacial score (nSPS) is 36.8. The van der Waals surface area contributed by atoms with E-state index in [1.165, 1.54) is 12.8 Å². The molecule has 2 aliphatic heterocycles. The maximum absolute atomic E-state index is 12.2. The topological polar surface area (TPSA) is 12.5 Å². The molecule has 1 atom stereocenters. The first kappa shape index (κ1) is 8.45. The van der Waals surface area contributed by atoms with Crippen LogP contribution in [0.25, 0.3) is 0 Å². The monoisotopic (exact) mass is 173 g/mol. The summed E-state index contributed by atoms with van der Waals surface area (Å²) in [5.74, 6) is 0. The summed E-state index contributed by atoms with van der Waals surface area (Å²) < 4.78 is 17.6. The van der Waals surface area contributed by atoms with Gasteiger partial charge in [-0.1, -0.05) is 0 Å². The van der Waals surface area contributed by atoms with Gasteiger partial charge in [0, 0.05) is 18.7 Å². The summed E-state index contributed by atoms with van der Waals surface area (Å²) in [4.78, 5) is 2.28. The predicted octanol–water partition coefficient (Wildman–Crippen LogP) is 1.21. The number of hydrogen-bond acceptors (Lipinski definition) is 2. The van der Waals surface area contributed by atoms with E-state index in [2.05, 4.69) is 4.90 Å². The molecule has 2 fully saturated rings. The molecule has 2 saturated heterocycles. The lowest BCUT2D eigenvalue weighted by Gasteiger charge is -2.32. The van der Waals surface area contributed by atoms with Crippen LogP contribution in [0.2, 0.25) is 0 Å². The van der Waals surface area contributed by atoms with Crippen LogP contribution in [0.5, 0.6) is 0 Å². The average molecular weight is 173 g/mol. The van der Waals surface area contributed by atoms with E-state index in [4.69, 9.17) is 4.74 Å². The summed E-state index contributed by atoms with van der Waals surface area (Å²) in [7, 11) is 0. The van der Waals surface area contributed by atoms with Crippen LogP contribution in [0.3, 0.4) is 0 Å². The fourth-order valence-electron chi connectivity index (χ4n) is 2.49. The second-order valence-electron chi connectivity index (χ2n) is 3.81. The van der Waals surface area contributed by atoms with E-state index in [0.717, 1.165) is 26.2 Å². The van der Waals surface area contributed by atoms with Crippen molar-refractivity contribution in [3.05, 3.63) is 0 Å². The maximum Gasteiger partial charge on any atom is 0.102 e. The molecular weight excluding hydrogens is 157 g/mol. The molecule has 0 aromatic rings. The molecule has 0 N–H and O–H groups in total. The van der Waals surface area contributed by atoms with Crippen LogP contribution < -0.4 is 0 Å². The number of nitrogens with zero attached hydrogens (tertiary/aromatic N) is 1. The van der Waals surface area contributed by atoms with Gasteiger partial charge < -0.3 is 4.74 Å². The lowest BCUT2D eigenvalue weighted by Crippen LogP contribution is -2.45. The van der Waals surface area contributed by atoms with Crippen molar-refractivity contribution in [3.63, 3.8) is 0 Å². The molecule has 2 aliphatic rings. The summed E-state index contributed by atoms with van der Waals surface area (Å²) in [6, 6.07) is 0. The predicted molar refractivity (Wildman–Crippen MR) is 44.9 cm³/mol. The summed E-state index contributed by atoms with van der Waals surface area (Å²) in [6.45, 7) is 3.13. The van der Waals surface area contributed by atoms with Gasteiger partial charge in [0.1, 0.15) is 6.67 Å². The van der Waals surface area contributed by atoms with E-state index in [-0.39, 0.29) is 12.2 Å². The van der Waals surface area contributed by atoms with Crippen molar-refractivity contribution in [1.82, 2.24) is 4.90 Å². The van der Waals surface area contributed by atoms with Crippen molar-refractivity contribution >= 4 is 0 Å². The summed E-state index contributed by atoms with van der Waals surface area (Å²) in [5.41, 5.74) is 0.228. The molecule has 2 nitrogen and oxygen atoms in total. The Morgan fingerprint density at radius 3 is 3.00 bits per heavy atom. The molecule has 70 valence electrons. The fraction of sp³-hybridized carbons (Fsp3) is 1.00. The van der Waals surface area contributed by atoms with E-state index in [1.807, 2.05) is 0 Å². The molecule has 0 aromatic heterocycles. The van der Waals surface area contributed by atoms with Crippen LogP contribution >= 0.6 is 0 Å². The highest BCUT2D eigenvalue weighted by atomic mass is 19.1. The van der Waals surface area contributed by atoms with Crippen LogP contribution in [0.1, 0.15) is 19.3 Å². The van der Waals surface area contributed by atoms with Crippen molar-refractivity contribution in [2.75, 3.05) is 33.0 Å². The van der Waals surface area contributed by atoms with Gasteiger partial charge in [0.15, 0.2) is 0 Å². The number of halogens is 1. The SMILES string of the molecule is FCCN1CCCC12CCOC2. The zero-order valence-electron chi connectivity index (χ0n) is 7.39. The molecule has 0 saturated carbocycles. The minimum absolute atomic E-state index is 0.220. The largest absolute Gasteiger partial charge is 0.379 e. The molecule has 0 amide bonds. The summed E-state index contributed by atoms with van der Waals surface area (Å²) >= 11 is 0. The van der Waals surface area contributed by atoms with Gasteiger partial charge in [-0.25, -0.2) is 4.39 Å². The van der Waals surface area contributed by atoms with Gasteiger partial charge in [0.05, 0.1) is 6.61 Å². The van der Waals surface area contributed by atoms with E-state index < -0.39 is 0 Å². The minimum atomic E-state index is -0.220. The molecule has 0 aromatic carbocycles. The maximum atomic E-state index is 12.2. The number of ether oxygens (including phenoxy) is 1. The molecule has 1 unspecified atom stereocenters. The van der Waals surface area contributed by atoms with E-state index in [9.17, 15) is 4.39 Å². The number of hydrogen-bond donors (Lipinski definition) is 0. The van der Waals surface area contributed by atoms with Crippen molar-refractivity contribution < 1.29 is 9.13 Å². The Bertz CT molecular complexity index is 151. The van der Waals surface area contributed by atoms with Gasteiger partial charge in [-0.3, -0.25) is 4.90 Å². The number of likely N-dealkylation sites (tertiary alicyclic amines) is 1. The van der Waals surface area contributed by atoms with Crippen molar-refractivity contribution in [3.8, 4) is 0 Å². The third-order valence-electron chi connectivity index (χ3n) is 3.18. The number of alkyl halides is 1. The Labute approximate surface area is 72.7 Å². The van der Waals surface area contributed by atoms with Crippen molar-refractivity contribution in [2.45, 2.75) is 24.8 Å². The molecule has 3 heteroatoms. The molecule has 2 heterocycles. The smallest absolute Gasteiger partial charge is 0.102 e. The van der Waals surface area contributed by atoms with Gasteiger partial charge in [0.25, 0.3) is 0 Å².